The lowest BCUT2D eigenvalue weighted by Gasteiger charge is -2.07. The van der Waals surface area contributed by atoms with Gasteiger partial charge >= 0.3 is 0 Å². The van der Waals surface area contributed by atoms with Crippen molar-refractivity contribution in [1.29, 1.82) is 0 Å². The van der Waals surface area contributed by atoms with Crippen LogP contribution in [0.3, 0.4) is 0 Å². The molecule has 0 aliphatic heterocycles. The molecule has 33 heavy (non-hydrogen) atoms. The van der Waals surface area contributed by atoms with E-state index in [0.717, 1.165) is 10.9 Å². The number of nitrogens with two attached hydrogens (primary N) is 1. The number of nitrogens with zero attached hydrogens (tertiary/aromatic N) is 2. The van der Waals surface area contributed by atoms with Gasteiger partial charge in [0.05, 0.1) is 23.1 Å². The number of amides is 1. The molecule has 0 aliphatic carbocycles. The average molecular weight is 445 g/mol. The summed E-state index contributed by atoms with van der Waals surface area (Å²) in [6, 6.07) is 16.2. The van der Waals surface area contributed by atoms with Crippen LogP contribution in [0.15, 0.2) is 73.2 Å². The van der Waals surface area contributed by atoms with Crippen molar-refractivity contribution < 1.29 is 14.3 Å². The number of nitrogens with one attached hydrogen (secondary N) is 1. The van der Waals surface area contributed by atoms with E-state index >= 15 is 0 Å². The van der Waals surface area contributed by atoms with E-state index in [0.29, 0.717) is 28.4 Å². The Morgan fingerprint density at radius 2 is 1.82 bits per heavy atom. The smallest absolute Gasteiger partial charge is 0.224 e. The summed E-state index contributed by atoms with van der Waals surface area (Å²) in [5.41, 5.74) is 8.33. The second-order valence-corrected chi connectivity index (χ2v) is 7.18. The number of Topliss-reactive ketones (excluding diaryl/α,β-unsaturated/α-hetero) is 1. The first-order valence-corrected chi connectivity index (χ1v) is 10.9. The first-order valence-electron chi connectivity index (χ1n) is 10.9. The van der Waals surface area contributed by atoms with E-state index in [9.17, 15) is 9.59 Å². The Hall–Kier alpha value is -4.13. The van der Waals surface area contributed by atoms with E-state index in [1.807, 2.05) is 49.7 Å². The summed E-state index contributed by atoms with van der Waals surface area (Å²) < 4.78 is 7.71. The number of rotatable bonds is 7. The Morgan fingerprint density at radius 1 is 1.03 bits per heavy atom. The molecule has 0 aliphatic rings. The number of para-hydroxylation sites is 2. The minimum absolute atomic E-state index is 0.0752. The van der Waals surface area contributed by atoms with Gasteiger partial charge in [-0.25, -0.2) is 0 Å². The molecule has 0 saturated heterocycles. The third kappa shape index (κ3) is 5.77. The summed E-state index contributed by atoms with van der Waals surface area (Å²) in [7, 11) is 1.87. The number of ether oxygens (including phenoxy) is 1. The normalized spacial score (nSPS) is 10.3. The van der Waals surface area contributed by atoms with Crippen LogP contribution in [-0.4, -0.2) is 21.2 Å². The van der Waals surface area contributed by atoms with Gasteiger partial charge in [0.15, 0.2) is 5.78 Å². The maximum absolute atomic E-state index is 12.8. The van der Waals surface area contributed by atoms with Crippen LogP contribution in [0.5, 0.6) is 11.5 Å². The predicted octanol–water partition coefficient (Wildman–Crippen LogP) is 5.58. The maximum Gasteiger partial charge on any atom is 0.224 e. The maximum atomic E-state index is 12.8. The molecule has 3 N–H and O–H groups in total. The Labute approximate surface area is 193 Å². The van der Waals surface area contributed by atoms with E-state index in [4.69, 9.17) is 10.5 Å². The van der Waals surface area contributed by atoms with Crippen molar-refractivity contribution in [3.8, 4) is 11.5 Å². The van der Waals surface area contributed by atoms with E-state index in [1.165, 1.54) is 0 Å². The average Bonchev–Trinajstić information content (AvgIpc) is 3.17. The van der Waals surface area contributed by atoms with Crippen LogP contribution in [-0.2, 0) is 11.8 Å². The van der Waals surface area contributed by atoms with Gasteiger partial charge < -0.3 is 20.4 Å². The van der Waals surface area contributed by atoms with E-state index in [2.05, 4.69) is 10.3 Å². The minimum Gasteiger partial charge on any atom is -0.456 e. The number of benzene rings is 2. The molecule has 0 unspecified atom stereocenters. The highest BCUT2D eigenvalue weighted by atomic mass is 16.5. The van der Waals surface area contributed by atoms with Crippen LogP contribution < -0.4 is 15.8 Å². The highest BCUT2D eigenvalue weighted by Crippen LogP contribution is 2.29. The van der Waals surface area contributed by atoms with Gasteiger partial charge in [0.25, 0.3) is 0 Å². The molecule has 2 heterocycles. The number of aromatic nitrogens is 2. The van der Waals surface area contributed by atoms with Crippen LogP contribution in [0.25, 0.3) is 10.9 Å². The van der Waals surface area contributed by atoms with Crippen molar-refractivity contribution >= 4 is 34.0 Å². The number of carbonyl (C=O) groups excluding carboxylic acids is 2. The molecule has 0 saturated carbocycles. The van der Waals surface area contributed by atoms with Gasteiger partial charge in [0.1, 0.15) is 11.5 Å². The van der Waals surface area contributed by atoms with Gasteiger partial charge in [-0.15, -0.1) is 0 Å². The summed E-state index contributed by atoms with van der Waals surface area (Å²) in [5.74, 6) is 0.944. The number of fused-ring (bicyclic) bond motifs is 1. The lowest BCUT2D eigenvalue weighted by Crippen LogP contribution is -2.14. The third-order valence-corrected chi connectivity index (χ3v) is 4.95. The standard InChI is InChI=1S/C24H22N4O3.C2H6/c1-28-15-19(23(29)10-11-24(30)27-21-7-3-2-6-20(21)25)18-9-8-16(13-22(18)28)31-17-5-4-12-26-14-17;1-2/h2-9,12-15H,10-11,25H2,1H3,(H,27,30);1-2H3. The quantitative estimate of drug-likeness (QED) is 0.286. The Morgan fingerprint density at radius 3 is 2.55 bits per heavy atom. The number of aryl methyl sites for hydroxylation is 1. The minimum atomic E-state index is -0.251. The molecule has 170 valence electrons. The van der Waals surface area contributed by atoms with E-state index in [1.54, 1.807) is 48.9 Å². The molecule has 2 aromatic heterocycles. The number of hydrogen-bond donors (Lipinski definition) is 2. The Kier molecular flexibility index (Phi) is 7.81. The van der Waals surface area contributed by atoms with E-state index < -0.39 is 0 Å². The predicted molar refractivity (Wildman–Crippen MR) is 132 cm³/mol. The van der Waals surface area contributed by atoms with Crippen LogP contribution in [0, 0.1) is 0 Å². The van der Waals surface area contributed by atoms with Crippen molar-refractivity contribution in [2.24, 2.45) is 7.05 Å². The van der Waals surface area contributed by atoms with Gasteiger partial charge in [0, 0.05) is 49.3 Å². The fraction of sp³-hybridized carbons (Fsp3) is 0.192. The molecule has 7 heteroatoms. The molecule has 0 fully saturated rings. The molecule has 0 radical (unpaired) electrons. The highest BCUT2D eigenvalue weighted by molar-refractivity contribution is 6.09. The number of pyridine rings is 1. The molecule has 4 rings (SSSR count). The van der Waals surface area contributed by atoms with E-state index in [-0.39, 0.29) is 24.5 Å². The van der Waals surface area contributed by atoms with Crippen molar-refractivity contribution in [3.05, 3.63) is 78.8 Å². The molecule has 0 atom stereocenters. The fourth-order valence-corrected chi connectivity index (χ4v) is 3.38. The first-order chi connectivity index (χ1) is 16.0. The first kappa shape index (κ1) is 23.5. The topological polar surface area (TPSA) is 99.2 Å². The second kappa shape index (κ2) is 10.9. The molecule has 0 spiro atoms. The summed E-state index contributed by atoms with van der Waals surface area (Å²) in [4.78, 5) is 29.1. The lowest BCUT2D eigenvalue weighted by atomic mass is 10.1. The molecular formula is C26H28N4O3. The van der Waals surface area contributed by atoms with Gasteiger partial charge in [-0.3, -0.25) is 14.6 Å². The van der Waals surface area contributed by atoms with Gasteiger partial charge in [-0.1, -0.05) is 26.0 Å². The number of carbonyl (C=O) groups is 2. The second-order valence-electron chi connectivity index (χ2n) is 7.18. The number of hydrogen-bond acceptors (Lipinski definition) is 5. The zero-order chi connectivity index (χ0) is 23.8. The van der Waals surface area contributed by atoms with Crippen molar-refractivity contribution in [1.82, 2.24) is 9.55 Å². The third-order valence-electron chi connectivity index (χ3n) is 4.95. The fourth-order valence-electron chi connectivity index (χ4n) is 3.38. The van der Waals surface area contributed by atoms with Gasteiger partial charge in [-0.05, 0) is 36.4 Å². The lowest BCUT2D eigenvalue weighted by molar-refractivity contribution is -0.116. The summed E-state index contributed by atoms with van der Waals surface area (Å²) in [6.45, 7) is 4.00. The zero-order valence-electron chi connectivity index (χ0n) is 19.0. The van der Waals surface area contributed by atoms with Gasteiger partial charge in [0.2, 0.25) is 5.91 Å². The van der Waals surface area contributed by atoms with Crippen molar-refractivity contribution in [2.75, 3.05) is 11.1 Å². The molecule has 0 bridgehead atoms. The molecule has 2 aromatic carbocycles. The summed E-state index contributed by atoms with van der Waals surface area (Å²) in [5, 5.41) is 3.57. The Balaban J connectivity index is 0.00000149. The Bertz CT molecular complexity index is 1250. The summed E-state index contributed by atoms with van der Waals surface area (Å²) in [6.07, 6.45) is 5.28. The van der Waals surface area contributed by atoms with Crippen LogP contribution in [0.4, 0.5) is 11.4 Å². The van der Waals surface area contributed by atoms with Crippen LogP contribution in [0.1, 0.15) is 37.0 Å². The number of anilines is 2. The largest absolute Gasteiger partial charge is 0.456 e. The summed E-state index contributed by atoms with van der Waals surface area (Å²) >= 11 is 0. The highest BCUT2D eigenvalue weighted by Gasteiger charge is 2.16. The van der Waals surface area contributed by atoms with Crippen molar-refractivity contribution in [3.63, 3.8) is 0 Å². The molecule has 4 aromatic rings. The SMILES string of the molecule is CC.Cn1cc(C(=O)CCC(=O)Nc2ccccc2N)c2ccc(Oc3cccnc3)cc21. The zero-order valence-corrected chi connectivity index (χ0v) is 19.0. The van der Waals surface area contributed by atoms with Crippen LogP contribution in [0.2, 0.25) is 0 Å². The number of ketones is 1. The molecule has 7 nitrogen and oxygen atoms in total. The molecule has 1 amide bonds. The molecular weight excluding hydrogens is 416 g/mol. The number of nitrogen functional groups attached to an aromatic ring is 1. The van der Waals surface area contributed by atoms with Gasteiger partial charge in [-0.2, -0.15) is 0 Å². The van der Waals surface area contributed by atoms with Crippen LogP contribution >= 0.6 is 0 Å². The van der Waals surface area contributed by atoms with Crippen molar-refractivity contribution in [2.45, 2.75) is 26.7 Å². The monoisotopic (exact) mass is 444 g/mol.